The van der Waals surface area contributed by atoms with Crippen LogP contribution < -0.4 is 5.32 Å². The van der Waals surface area contributed by atoms with Gasteiger partial charge in [-0.25, -0.2) is 4.39 Å². The third-order valence-electron chi connectivity index (χ3n) is 6.53. The molecule has 2 fully saturated rings. The highest BCUT2D eigenvalue weighted by Gasteiger charge is 2.42. The third-order valence-corrected chi connectivity index (χ3v) is 6.53. The molecule has 1 aromatic heterocycles. The number of carbonyl (C=O) groups excluding carboxylic acids is 1. The lowest BCUT2D eigenvalue weighted by Crippen LogP contribution is -2.42. The van der Waals surface area contributed by atoms with Crippen molar-refractivity contribution < 1.29 is 9.18 Å². The number of pyridine rings is 1. The number of hydrogen-bond donors (Lipinski definition) is 1. The second-order valence-corrected chi connectivity index (χ2v) is 8.46. The molecular formula is C24H22FN3O. The van der Waals surface area contributed by atoms with Gasteiger partial charge in [0.25, 0.3) is 0 Å². The Bertz CT molecular complexity index is 1150. The number of hydrogen-bond acceptors (Lipinski definition) is 4. The molecule has 1 N–H and O–H groups in total. The van der Waals surface area contributed by atoms with Crippen LogP contribution in [0.15, 0.2) is 42.6 Å². The van der Waals surface area contributed by atoms with E-state index in [1.54, 1.807) is 12.3 Å². The second kappa shape index (κ2) is 7.20. The lowest BCUT2D eigenvalue weighted by molar-refractivity contribution is -0.122. The summed E-state index contributed by atoms with van der Waals surface area (Å²) in [5, 5.41) is 15.9. The molecule has 0 spiro atoms. The van der Waals surface area contributed by atoms with Crippen LogP contribution in [0.1, 0.15) is 31.2 Å². The van der Waals surface area contributed by atoms with Crippen molar-refractivity contribution in [2.24, 2.45) is 11.8 Å². The van der Waals surface area contributed by atoms with Gasteiger partial charge in [-0.15, -0.1) is 0 Å². The summed E-state index contributed by atoms with van der Waals surface area (Å²) >= 11 is 0. The van der Waals surface area contributed by atoms with Crippen LogP contribution >= 0.6 is 0 Å². The van der Waals surface area contributed by atoms with E-state index < -0.39 is 0 Å². The number of aromatic nitrogens is 1. The zero-order valence-electron chi connectivity index (χ0n) is 16.1. The fourth-order valence-electron chi connectivity index (χ4n) is 5.10. The molecule has 1 unspecified atom stereocenters. The SMILES string of the molecule is N#CC(CC(=O)[C@H]1N[C@@H]2CC[C@H]1C2)Cc1ccc2c(cnc3cc(F)ccc32)c1. The van der Waals surface area contributed by atoms with Gasteiger partial charge in [0.1, 0.15) is 5.82 Å². The zero-order chi connectivity index (χ0) is 20.0. The first-order valence-corrected chi connectivity index (χ1v) is 10.3. The number of nitrogens with one attached hydrogen (secondary N) is 1. The van der Waals surface area contributed by atoms with Gasteiger partial charge in [0.2, 0.25) is 0 Å². The minimum Gasteiger partial charge on any atom is -0.304 e. The fourth-order valence-corrected chi connectivity index (χ4v) is 5.10. The molecule has 3 aromatic rings. The Labute approximate surface area is 168 Å². The van der Waals surface area contributed by atoms with Gasteiger partial charge in [-0.3, -0.25) is 9.78 Å². The van der Waals surface area contributed by atoms with Crippen LogP contribution in [0.2, 0.25) is 0 Å². The highest BCUT2D eigenvalue weighted by molar-refractivity contribution is 6.05. The van der Waals surface area contributed by atoms with Crippen molar-refractivity contribution in [3.63, 3.8) is 0 Å². The molecule has 4 nitrogen and oxygen atoms in total. The molecule has 1 saturated heterocycles. The van der Waals surface area contributed by atoms with Crippen molar-refractivity contribution in [3.8, 4) is 6.07 Å². The number of nitrogens with zero attached hydrogens (tertiary/aromatic N) is 2. The van der Waals surface area contributed by atoms with E-state index in [2.05, 4.69) is 16.4 Å². The minimum absolute atomic E-state index is 0.0582. The molecule has 146 valence electrons. The summed E-state index contributed by atoms with van der Waals surface area (Å²) in [6.07, 6.45) is 5.98. The van der Waals surface area contributed by atoms with Crippen LogP contribution in [0.4, 0.5) is 4.39 Å². The average molecular weight is 387 g/mol. The largest absolute Gasteiger partial charge is 0.304 e. The van der Waals surface area contributed by atoms with E-state index in [4.69, 9.17) is 0 Å². The lowest BCUT2D eigenvalue weighted by atomic mass is 9.88. The Morgan fingerprint density at radius 2 is 2.10 bits per heavy atom. The van der Waals surface area contributed by atoms with Crippen LogP contribution in [0.3, 0.4) is 0 Å². The quantitative estimate of drug-likeness (QED) is 0.663. The van der Waals surface area contributed by atoms with Gasteiger partial charge in [-0.2, -0.15) is 5.26 Å². The first-order chi connectivity index (χ1) is 14.1. The molecule has 0 radical (unpaired) electrons. The summed E-state index contributed by atoms with van der Waals surface area (Å²) in [5.41, 5.74) is 1.64. The van der Waals surface area contributed by atoms with Gasteiger partial charge in [0.15, 0.2) is 5.78 Å². The molecular weight excluding hydrogens is 365 g/mol. The summed E-state index contributed by atoms with van der Waals surface area (Å²) in [5.74, 6) is 0.00629. The van der Waals surface area contributed by atoms with Crippen LogP contribution in [0.5, 0.6) is 0 Å². The maximum Gasteiger partial charge on any atom is 0.151 e. The number of fused-ring (bicyclic) bond motifs is 5. The molecule has 5 rings (SSSR count). The molecule has 2 aromatic carbocycles. The second-order valence-electron chi connectivity index (χ2n) is 8.46. The number of piperidine rings is 1. The van der Waals surface area contributed by atoms with E-state index >= 15 is 0 Å². The number of ketones is 1. The molecule has 29 heavy (non-hydrogen) atoms. The molecule has 2 aliphatic rings. The number of benzene rings is 2. The Morgan fingerprint density at radius 1 is 1.24 bits per heavy atom. The topological polar surface area (TPSA) is 65.8 Å². The monoisotopic (exact) mass is 387 g/mol. The summed E-state index contributed by atoms with van der Waals surface area (Å²) in [4.78, 5) is 17.1. The summed E-state index contributed by atoms with van der Waals surface area (Å²) in [6, 6.07) is 13.4. The average Bonchev–Trinajstić information content (AvgIpc) is 3.36. The predicted molar refractivity (Wildman–Crippen MR) is 110 cm³/mol. The molecule has 1 aliphatic carbocycles. The Balaban J connectivity index is 1.34. The first-order valence-electron chi connectivity index (χ1n) is 10.3. The third kappa shape index (κ3) is 3.38. The minimum atomic E-state index is -0.330. The smallest absolute Gasteiger partial charge is 0.151 e. The molecule has 1 saturated carbocycles. The van der Waals surface area contributed by atoms with Crippen LogP contribution in [-0.4, -0.2) is 22.9 Å². The first kappa shape index (κ1) is 18.2. The Kier molecular flexibility index (Phi) is 4.52. The van der Waals surface area contributed by atoms with E-state index in [0.717, 1.165) is 34.6 Å². The molecule has 4 atom stereocenters. The number of halogens is 1. The van der Waals surface area contributed by atoms with Gasteiger partial charge in [-0.1, -0.05) is 12.1 Å². The van der Waals surface area contributed by atoms with Crippen molar-refractivity contribution in [1.29, 1.82) is 5.26 Å². The van der Waals surface area contributed by atoms with E-state index in [1.807, 2.05) is 18.2 Å². The van der Waals surface area contributed by atoms with E-state index in [-0.39, 0.29) is 23.6 Å². The maximum absolute atomic E-state index is 13.4. The van der Waals surface area contributed by atoms with E-state index in [9.17, 15) is 14.4 Å². The molecule has 2 bridgehead atoms. The Morgan fingerprint density at radius 3 is 2.86 bits per heavy atom. The number of nitriles is 1. The van der Waals surface area contributed by atoms with Gasteiger partial charge < -0.3 is 5.32 Å². The summed E-state index contributed by atoms with van der Waals surface area (Å²) in [7, 11) is 0. The standard InChI is InChI=1S/C24H22FN3O/c25-18-3-6-21-20-5-1-14(8-17(20)13-27-22(21)11-18)7-15(12-26)9-23(29)24-16-2-4-19(10-16)28-24/h1,3,5-6,8,11,13,15-16,19,24,28H,2,4,7,9-10H2/t15?,16-,19+,24-/m0/s1. The lowest BCUT2D eigenvalue weighted by Gasteiger charge is -2.22. The van der Waals surface area contributed by atoms with Crippen molar-refractivity contribution in [1.82, 2.24) is 10.3 Å². The van der Waals surface area contributed by atoms with Gasteiger partial charge in [0, 0.05) is 35.5 Å². The summed E-state index contributed by atoms with van der Waals surface area (Å²) < 4.78 is 13.4. The van der Waals surface area contributed by atoms with Crippen molar-refractivity contribution in [3.05, 3.63) is 54.0 Å². The predicted octanol–water partition coefficient (Wildman–Crippen LogP) is 4.31. The molecule has 2 heterocycles. The molecule has 0 amide bonds. The van der Waals surface area contributed by atoms with Gasteiger partial charge in [0.05, 0.1) is 23.5 Å². The van der Waals surface area contributed by atoms with Crippen LogP contribution in [0, 0.1) is 29.0 Å². The van der Waals surface area contributed by atoms with Crippen molar-refractivity contribution >= 4 is 27.5 Å². The highest BCUT2D eigenvalue weighted by Crippen LogP contribution is 2.36. The van der Waals surface area contributed by atoms with Gasteiger partial charge in [-0.05, 0) is 60.7 Å². The fraction of sp³-hybridized carbons (Fsp3) is 0.375. The van der Waals surface area contributed by atoms with Crippen LogP contribution in [-0.2, 0) is 11.2 Å². The Hall–Kier alpha value is -2.84. The molecule has 5 heteroatoms. The normalized spacial score (nSPS) is 24.1. The van der Waals surface area contributed by atoms with Crippen LogP contribution in [0.25, 0.3) is 21.7 Å². The summed E-state index contributed by atoms with van der Waals surface area (Å²) in [6.45, 7) is 0. The number of carbonyl (C=O) groups is 1. The van der Waals surface area contributed by atoms with E-state index in [1.165, 1.54) is 18.6 Å². The van der Waals surface area contributed by atoms with Gasteiger partial charge >= 0.3 is 0 Å². The number of Topliss-reactive ketones (excluding diaryl/α,β-unsaturated/α-hetero) is 1. The molecule has 1 aliphatic heterocycles. The maximum atomic E-state index is 13.4. The zero-order valence-corrected chi connectivity index (χ0v) is 16.1. The van der Waals surface area contributed by atoms with E-state index in [0.29, 0.717) is 30.3 Å². The highest BCUT2D eigenvalue weighted by atomic mass is 19.1. The van der Waals surface area contributed by atoms with Crippen molar-refractivity contribution in [2.45, 2.75) is 44.2 Å². The number of rotatable bonds is 5. The van der Waals surface area contributed by atoms with Crippen molar-refractivity contribution in [2.75, 3.05) is 0 Å².